The van der Waals surface area contributed by atoms with Gasteiger partial charge in [0.2, 0.25) is 5.95 Å². The minimum atomic E-state index is -1.02. The predicted octanol–water partition coefficient (Wildman–Crippen LogP) is 0.823. The van der Waals surface area contributed by atoms with Gasteiger partial charge in [-0.15, -0.1) is 0 Å². The van der Waals surface area contributed by atoms with Crippen LogP contribution in [0.5, 0.6) is 0 Å². The van der Waals surface area contributed by atoms with E-state index in [9.17, 15) is 4.79 Å². The van der Waals surface area contributed by atoms with Crippen molar-refractivity contribution < 1.29 is 9.90 Å². The van der Waals surface area contributed by atoms with Gasteiger partial charge in [0.15, 0.2) is 5.69 Å². The third kappa shape index (κ3) is 2.03. The largest absolute Gasteiger partial charge is 0.477 e. The van der Waals surface area contributed by atoms with Gasteiger partial charge in [0.25, 0.3) is 0 Å². The molecule has 0 amide bonds. The lowest BCUT2D eigenvalue weighted by Gasteiger charge is -2.21. The van der Waals surface area contributed by atoms with Crippen LogP contribution in [0, 0.1) is 0 Å². The van der Waals surface area contributed by atoms with E-state index >= 15 is 0 Å². The molecule has 6 heteroatoms. The van der Waals surface area contributed by atoms with Gasteiger partial charge in [-0.3, -0.25) is 4.90 Å². The number of hydrogen-bond acceptors (Lipinski definition) is 5. The average molecular weight is 248 g/mol. The van der Waals surface area contributed by atoms with Crippen molar-refractivity contribution >= 4 is 11.9 Å². The van der Waals surface area contributed by atoms with E-state index in [1.165, 1.54) is 31.6 Å². The maximum Gasteiger partial charge on any atom is 0.354 e. The SMILES string of the molecule is O=C(O)c1ccnc(NC2CCN3CCCC23)n1. The highest BCUT2D eigenvalue weighted by Gasteiger charge is 2.37. The fraction of sp³-hybridized carbons (Fsp3) is 0.583. The Bertz CT molecular complexity index is 465. The molecule has 2 atom stereocenters. The van der Waals surface area contributed by atoms with Crippen LogP contribution >= 0.6 is 0 Å². The van der Waals surface area contributed by atoms with Crippen molar-refractivity contribution in [3.05, 3.63) is 18.0 Å². The lowest BCUT2D eigenvalue weighted by Crippen LogP contribution is -2.34. The van der Waals surface area contributed by atoms with E-state index in [0.29, 0.717) is 18.0 Å². The second kappa shape index (κ2) is 4.53. The molecule has 2 N–H and O–H groups in total. The molecule has 0 aliphatic carbocycles. The van der Waals surface area contributed by atoms with Crippen molar-refractivity contribution in [2.75, 3.05) is 18.4 Å². The lowest BCUT2D eigenvalue weighted by molar-refractivity contribution is 0.0690. The summed E-state index contributed by atoms with van der Waals surface area (Å²) in [7, 11) is 0. The molecule has 96 valence electrons. The smallest absolute Gasteiger partial charge is 0.354 e. The van der Waals surface area contributed by atoms with Crippen molar-refractivity contribution in [2.24, 2.45) is 0 Å². The highest BCUT2D eigenvalue weighted by atomic mass is 16.4. The number of carboxylic acids is 1. The average Bonchev–Trinajstić information content (AvgIpc) is 2.94. The standard InChI is InChI=1S/C12H16N4O2/c17-11(18)9-3-5-13-12(15-9)14-8-4-7-16-6-1-2-10(8)16/h3,5,8,10H,1-2,4,6-7H2,(H,17,18)(H,13,14,15). The summed E-state index contributed by atoms with van der Waals surface area (Å²) in [6, 6.07) is 2.31. The fourth-order valence-corrected chi connectivity index (χ4v) is 2.96. The molecule has 2 fully saturated rings. The van der Waals surface area contributed by atoms with Crippen molar-refractivity contribution in [3.63, 3.8) is 0 Å². The molecule has 0 spiro atoms. The summed E-state index contributed by atoms with van der Waals surface area (Å²) in [4.78, 5) is 21.4. The lowest BCUT2D eigenvalue weighted by atomic mass is 10.1. The molecule has 1 aromatic heterocycles. The highest BCUT2D eigenvalue weighted by Crippen LogP contribution is 2.29. The van der Waals surface area contributed by atoms with Gasteiger partial charge < -0.3 is 10.4 Å². The van der Waals surface area contributed by atoms with Gasteiger partial charge in [-0.05, 0) is 31.9 Å². The minimum absolute atomic E-state index is 0.0359. The Labute approximate surface area is 105 Å². The molecule has 0 radical (unpaired) electrons. The predicted molar refractivity (Wildman–Crippen MR) is 65.6 cm³/mol. The monoisotopic (exact) mass is 248 g/mol. The fourth-order valence-electron chi connectivity index (χ4n) is 2.96. The Morgan fingerprint density at radius 1 is 1.44 bits per heavy atom. The van der Waals surface area contributed by atoms with Gasteiger partial charge in [-0.25, -0.2) is 14.8 Å². The summed E-state index contributed by atoms with van der Waals surface area (Å²) in [5.74, 6) is -0.594. The zero-order valence-electron chi connectivity index (χ0n) is 10.0. The molecule has 2 aliphatic rings. The molecule has 3 heterocycles. The molecular formula is C12H16N4O2. The molecule has 18 heavy (non-hydrogen) atoms. The summed E-state index contributed by atoms with van der Waals surface area (Å²) in [5, 5.41) is 12.2. The molecular weight excluding hydrogens is 232 g/mol. The van der Waals surface area contributed by atoms with E-state index in [-0.39, 0.29) is 5.69 Å². The van der Waals surface area contributed by atoms with E-state index in [0.717, 1.165) is 13.0 Å². The van der Waals surface area contributed by atoms with Crippen molar-refractivity contribution in [1.29, 1.82) is 0 Å². The quantitative estimate of drug-likeness (QED) is 0.824. The highest BCUT2D eigenvalue weighted by molar-refractivity contribution is 5.85. The molecule has 1 aromatic rings. The molecule has 0 bridgehead atoms. The first kappa shape index (κ1) is 11.4. The van der Waals surface area contributed by atoms with E-state index in [2.05, 4.69) is 20.2 Å². The van der Waals surface area contributed by atoms with Gasteiger partial charge in [0, 0.05) is 24.8 Å². The van der Waals surface area contributed by atoms with E-state index in [4.69, 9.17) is 5.11 Å². The zero-order chi connectivity index (χ0) is 12.5. The third-order valence-corrected chi connectivity index (χ3v) is 3.80. The first-order valence-electron chi connectivity index (χ1n) is 6.31. The first-order chi connectivity index (χ1) is 8.74. The molecule has 0 saturated carbocycles. The van der Waals surface area contributed by atoms with Crippen LogP contribution in [0.1, 0.15) is 29.8 Å². The number of fused-ring (bicyclic) bond motifs is 1. The summed E-state index contributed by atoms with van der Waals surface area (Å²) < 4.78 is 0. The molecule has 3 rings (SSSR count). The second-order valence-electron chi connectivity index (χ2n) is 4.86. The van der Waals surface area contributed by atoms with Crippen LogP contribution in [0.25, 0.3) is 0 Å². The number of anilines is 1. The maximum atomic E-state index is 10.8. The Morgan fingerprint density at radius 2 is 2.33 bits per heavy atom. The Balaban J connectivity index is 1.72. The normalized spacial score (nSPS) is 27.1. The van der Waals surface area contributed by atoms with Crippen LogP contribution in [0.15, 0.2) is 12.3 Å². The van der Waals surface area contributed by atoms with Crippen LogP contribution in [0.4, 0.5) is 5.95 Å². The number of rotatable bonds is 3. The summed E-state index contributed by atoms with van der Waals surface area (Å²) in [6.07, 6.45) is 5.01. The first-order valence-corrected chi connectivity index (χ1v) is 6.31. The molecule has 2 aliphatic heterocycles. The van der Waals surface area contributed by atoms with Gasteiger partial charge in [-0.2, -0.15) is 0 Å². The summed E-state index contributed by atoms with van der Waals surface area (Å²) in [5.41, 5.74) is 0.0359. The molecule has 0 aromatic carbocycles. The number of nitrogens with one attached hydrogen (secondary N) is 1. The minimum Gasteiger partial charge on any atom is -0.477 e. The Morgan fingerprint density at radius 3 is 3.17 bits per heavy atom. The summed E-state index contributed by atoms with van der Waals surface area (Å²) >= 11 is 0. The van der Waals surface area contributed by atoms with Gasteiger partial charge in [0.05, 0.1) is 0 Å². The maximum absolute atomic E-state index is 10.8. The molecule has 2 saturated heterocycles. The number of aromatic nitrogens is 2. The van der Waals surface area contributed by atoms with Crippen LogP contribution in [0.3, 0.4) is 0 Å². The van der Waals surface area contributed by atoms with E-state index < -0.39 is 5.97 Å². The number of carboxylic acid groups (broad SMARTS) is 1. The van der Waals surface area contributed by atoms with Gasteiger partial charge in [0.1, 0.15) is 0 Å². The number of nitrogens with zero attached hydrogens (tertiary/aromatic N) is 3. The van der Waals surface area contributed by atoms with Crippen molar-refractivity contribution in [3.8, 4) is 0 Å². The van der Waals surface area contributed by atoms with Crippen molar-refractivity contribution in [1.82, 2.24) is 14.9 Å². The van der Waals surface area contributed by atoms with Gasteiger partial charge >= 0.3 is 5.97 Å². The second-order valence-corrected chi connectivity index (χ2v) is 4.86. The number of aromatic carboxylic acids is 1. The Kier molecular flexibility index (Phi) is 2.87. The van der Waals surface area contributed by atoms with Crippen molar-refractivity contribution in [2.45, 2.75) is 31.3 Å². The van der Waals surface area contributed by atoms with Crippen LogP contribution in [-0.4, -0.2) is 51.1 Å². The van der Waals surface area contributed by atoms with E-state index in [1.807, 2.05) is 0 Å². The summed E-state index contributed by atoms with van der Waals surface area (Å²) in [6.45, 7) is 2.29. The third-order valence-electron chi connectivity index (χ3n) is 3.80. The number of carbonyl (C=O) groups is 1. The van der Waals surface area contributed by atoms with Crippen LogP contribution in [-0.2, 0) is 0 Å². The Hall–Kier alpha value is -1.69. The molecule has 6 nitrogen and oxygen atoms in total. The number of hydrogen-bond donors (Lipinski definition) is 2. The topological polar surface area (TPSA) is 78.3 Å². The van der Waals surface area contributed by atoms with Gasteiger partial charge in [-0.1, -0.05) is 0 Å². The van der Waals surface area contributed by atoms with Crippen LogP contribution in [0.2, 0.25) is 0 Å². The van der Waals surface area contributed by atoms with E-state index in [1.54, 1.807) is 0 Å². The zero-order valence-corrected chi connectivity index (χ0v) is 10.0. The molecule has 2 unspecified atom stereocenters. The van der Waals surface area contributed by atoms with Crippen LogP contribution < -0.4 is 5.32 Å².